The van der Waals surface area contributed by atoms with Crippen LogP contribution < -0.4 is 0 Å². The summed E-state index contributed by atoms with van der Waals surface area (Å²) < 4.78 is 12.3. The van der Waals surface area contributed by atoms with Crippen LogP contribution in [0.4, 0.5) is 0 Å². The van der Waals surface area contributed by atoms with E-state index in [1.165, 1.54) is 22.2 Å². The summed E-state index contributed by atoms with van der Waals surface area (Å²) in [5.74, 6) is 0.308. The normalized spacial score (nSPS) is 40.3. The predicted molar refractivity (Wildman–Crippen MR) is 143 cm³/mol. The van der Waals surface area contributed by atoms with Gasteiger partial charge in [-0.1, -0.05) is 24.3 Å². The summed E-state index contributed by atoms with van der Waals surface area (Å²) in [7, 11) is 0. The van der Waals surface area contributed by atoms with E-state index >= 15 is 0 Å². The van der Waals surface area contributed by atoms with E-state index in [4.69, 9.17) is 14.5 Å². The van der Waals surface area contributed by atoms with Crippen molar-refractivity contribution in [3.63, 3.8) is 0 Å². The molecule has 206 valence electrons. The molecular weight excluding hydrogens is 498 g/mol. The van der Waals surface area contributed by atoms with E-state index in [1.54, 1.807) is 0 Å². The van der Waals surface area contributed by atoms with E-state index in [0.29, 0.717) is 0 Å². The van der Waals surface area contributed by atoms with Crippen LogP contribution in [0.2, 0.25) is 0 Å². The van der Waals surface area contributed by atoms with Gasteiger partial charge in [0, 0.05) is 40.4 Å². The lowest BCUT2D eigenvalue weighted by Gasteiger charge is -2.61. The highest BCUT2D eigenvalue weighted by Crippen LogP contribution is 2.59. The van der Waals surface area contributed by atoms with Crippen LogP contribution in [0.15, 0.2) is 54.2 Å². The molecule has 5 N–H and O–H groups in total. The third kappa shape index (κ3) is 3.76. The van der Waals surface area contributed by atoms with E-state index in [1.807, 2.05) is 25.3 Å². The molecule has 7 heterocycles. The Bertz CT molecular complexity index is 1420. The molecule has 4 fully saturated rings. The van der Waals surface area contributed by atoms with E-state index < -0.39 is 43.5 Å². The number of benzene rings is 1. The van der Waals surface area contributed by atoms with Crippen LogP contribution in [0.3, 0.4) is 0 Å². The SMILES string of the molecule is C/C=C1\C2C[C@H]3c4[nH]c5ccccc5c4C[C@@H]([C@@H]2c2cc(C)ccn2)N3[C@@H]1O[C@@H]1O[C@H](CO)[C@@H](O)[C@H](O)[C@H]1O. The molecule has 11 atom stereocenters. The number of rotatable bonds is 4. The molecule has 4 saturated heterocycles. The van der Waals surface area contributed by atoms with Crippen molar-refractivity contribution in [2.75, 3.05) is 6.61 Å². The first-order valence-electron chi connectivity index (χ1n) is 13.8. The second-order valence-corrected chi connectivity index (χ2v) is 11.4. The van der Waals surface area contributed by atoms with Crippen LogP contribution in [0.1, 0.15) is 47.8 Å². The number of aliphatic hydroxyl groups excluding tert-OH is 4. The molecule has 1 aromatic carbocycles. The van der Waals surface area contributed by atoms with Crippen molar-refractivity contribution in [3.05, 3.63) is 76.8 Å². The van der Waals surface area contributed by atoms with Gasteiger partial charge in [-0.2, -0.15) is 0 Å². The number of nitrogens with zero attached hydrogens (tertiary/aromatic N) is 2. The predicted octanol–water partition coefficient (Wildman–Crippen LogP) is 2.05. The Kier molecular flexibility index (Phi) is 6.16. The smallest absolute Gasteiger partial charge is 0.188 e. The van der Waals surface area contributed by atoms with Gasteiger partial charge in [-0.15, -0.1) is 0 Å². The molecule has 2 aromatic heterocycles. The number of fused-ring (bicyclic) bond motifs is 4. The van der Waals surface area contributed by atoms with Gasteiger partial charge in [0.05, 0.1) is 12.6 Å². The third-order valence-corrected chi connectivity index (χ3v) is 9.37. The molecule has 0 amide bonds. The number of aryl methyl sites for hydroxylation is 1. The summed E-state index contributed by atoms with van der Waals surface area (Å²) in [5.41, 5.74) is 6.99. The number of hydrogen-bond donors (Lipinski definition) is 5. The fourth-order valence-electron chi connectivity index (χ4n) is 7.62. The Morgan fingerprint density at radius 3 is 2.74 bits per heavy atom. The van der Waals surface area contributed by atoms with Gasteiger partial charge in [-0.25, -0.2) is 0 Å². The van der Waals surface area contributed by atoms with Gasteiger partial charge in [-0.3, -0.25) is 9.88 Å². The molecule has 8 rings (SSSR count). The van der Waals surface area contributed by atoms with Crippen molar-refractivity contribution in [3.8, 4) is 0 Å². The molecule has 0 spiro atoms. The van der Waals surface area contributed by atoms with Crippen LogP contribution >= 0.6 is 0 Å². The fourth-order valence-corrected chi connectivity index (χ4v) is 7.62. The van der Waals surface area contributed by atoms with Crippen molar-refractivity contribution in [1.82, 2.24) is 14.9 Å². The number of aromatic amines is 1. The fraction of sp³-hybridized carbons (Fsp3) is 0.500. The summed E-state index contributed by atoms with van der Waals surface area (Å²) in [5, 5.41) is 42.5. The molecule has 0 saturated carbocycles. The van der Waals surface area contributed by atoms with Gasteiger partial charge in [0.15, 0.2) is 6.29 Å². The molecule has 5 aliphatic rings. The topological polar surface area (TPSA) is 131 Å². The van der Waals surface area contributed by atoms with E-state index in [9.17, 15) is 20.4 Å². The zero-order valence-electron chi connectivity index (χ0n) is 22.0. The summed E-state index contributed by atoms with van der Waals surface area (Å²) >= 11 is 0. The third-order valence-electron chi connectivity index (χ3n) is 9.37. The van der Waals surface area contributed by atoms with Crippen molar-refractivity contribution in [2.24, 2.45) is 5.92 Å². The molecule has 39 heavy (non-hydrogen) atoms. The number of pyridine rings is 1. The average Bonchev–Trinajstić information content (AvgIpc) is 3.32. The highest BCUT2D eigenvalue weighted by molar-refractivity contribution is 5.85. The molecule has 0 radical (unpaired) electrons. The number of piperidine rings is 3. The Balaban J connectivity index is 1.33. The standard InChI is InChI=1S/C30H35N3O6/c1-3-15-17-11-22-25-18(16-6-4-5-7-19(16)32-25)12-21(24(17)20-10-14(2)8-9-31-20)33(22)29(15)39-30-28(37)27(36)26(35)23(13-34)38-30/h3-10,17,21-24,26-30,32,34-37H,11-13H2,1-2H3/b15-3+/t17?,21-,22-,23+,24-,26+,27-,28+,29+,30-/m0/s1. The number of ether oxygens (including phenoxy) is 2. The second-order valence-electron chi connectivity index (χ2n) is 11.4. The number of H-pyrrole nitrogens is 1. The number of nitrogens with one attached hydrogen (secondary N) is 1. The first-order chi connectivity index (χ1) is 18.9. The van der Waals surface area contributed by atoms with Crippen molar-refractivity contribution in [2.45, 2.75) is 81.6 Å². The maximum atomic E-state index is 10.8. The van der Waals surface area contributed by atoms with Gasteiger partial charge in [-0.05, 0) is 67.5 Å². The number of aromatic nitrogens is 2. The molecule has 2 unspecified atom stereocenters. The first kappa shape index (κ1) is 25.3. The molecule has 3 aromatic rings. The quantitative estimate of drug-likeness (QED) is 0.322. The Hall–Kier alpha value is -2.63. The van der Waals surface area contributed by atoms with E-state index in [-0.39, 0.29) is 23.9 Å². The van der Waals surface area contributed by atoms with Crippen molar-refractivity contribution < 1.29 is 29.9 Å². The summed E-state index contributed by atoms with van der Waals surface area (Å²) in [6, 6.07) is 12.8. The van der Waals surface area contributed by atoms with Crippen molar-refractivity contribution in [1.29, 1.82) is 0 Å². The molecule has 4 bridgehead atoms. The average molecular weight is 534 g/mol. The molecule has 0 aliphatic carbocycles. The van der Waals surface area contributed by atoms with Crippen LogP contribution in [0.25, 0.3) is 10.9 Å². The van der Waals surface area contributed by atoms with Crippen molar-refractivity contribution >= 4 is 10.9 Å². The van der Waals surface area contributed by atoms with Crippen LogP contribution in [0.5, 0.6) is 0 Å². The highest BCUT2D eigenvalue weighted by Gasteiger charge is 2.59. The highest BCUT2D eigenvalue weighted by atomic mass is 16.7. The number of para-hydroxylation sites is 1. The lowest BCUT2D eigenvalue weighted by atomic mass is 9.62. The summed E-state index contributed by atoms with van der Waals surface area (Å²) in [4.78, 5) is 10.9. The van der Waals surface area contributed by atoms with Gasteiger partial charge in [0.25, 0.3) is 0 Å². The lowest BCUT2D eigenvalue weighted by molar-refractivity contribution is -0.329. The zero-order valence-corrected chi connectivity index (χ0v) is 22.0. The number of aliphatic hydroxyl groups is 4. The zero-order chi connectivity index (χ0) is 27.0. The first-order valence-corrected chi connectivity index (χ1v) is 13.8. The lowest BCUT2D eigenvalue weighted by Crippen LogP contribution is -2.66. The van der Waals surface area contributed by atoms with E-state index in [0.717, 1.165) is 29.6 Å². The second kappa shape index (κ2) is 9.49. The minimum atomic E-state index is -1.49. The van der Waals surface area contributed by atoms with Crippen LogP contribution in [-0.2, 0) is 15.9 Å². The van der Waals surface area contributed by atoms with E-state index in [2.05, 4.69) is 47.1 Å². The Morgan fingerprint density at radius 2 is 1.97 bits per heavy atom. The minimum Gasteiger partial charge on any atom is -0.394 e. The maximum absolute atomic E-state index is 10.8. The number of hydrogen-bond acceptors (Lipinski definition) is 8. The Morgan fingerprint density at radius 1 is 1.15 bits per heavy atom. The van der Waals surface area contributed by atoms with Gasteiger partial charge in [0.1, 0.15) is 30.6 Å². The summed E-state index contributed by atoms with van der Waals surface area (Å²) in [6.45, 7) is 3.60. The van der Waals surface area contributed by atoms with Gasteiger partial charge in [0.2, 0.25) is 0 Å². The monoisotopic (exact) mass is 533 g/mol. The summed E-state index contributed by atoms with van der Waals surface area (Å²) in [6.07, 6.45) is -1.43. The molecule has 5 aliphatic heterocycles. The molecule has 9 nitrogen and oxygen atoms in total. The van der Waals surface area contributed by atoms with Gasteiger partial charge < -0.3 is 34.9 Å². The minimum absolute atomic E-state index is 0.0656. The molecular formula is C30H35N3O6. The largest absolute Gasteiger partial charge is 0.394 e. The molecule has 9 heteroatoms. The maximum Gasteiger partial charge on any atom is 0.188 e. The van der Waals surface area contributed by atoms with Gasteiger partial charge >= 0.3 is 0 Å². The van der Waals surface area contributed by atoms with Crippen LogP contribution in [0, 0.1) is 12.8 Å². The number of allylic oxidation sites excluding steroid dienone is 1. The van der Waals surface area contributed by atoms with Crippen LogP contribution in [-0.4, -0.2) is 84.9 Å². The Labute approximate surface area is 226 Å².